The van der Waals surface area contributed by atoms with E-state index in [1.807, 2.05) is 19.1 Å². The summed E-state index contributed by atoms with van der Waals surface area (Å²) < 4.78 is 5.49. The number of thioether (sulfide) groups is 1. The molecule has 9 heteroatoms. The van der Waals surface area contributed by atoms with E-state index in [9.17, 15) is 19.5 Å². The molecule has 0 saturated carbocycles. The van der Waals surface area contributed by atoms with Gasteiger partial charge in [0, 0.05) is 13.0 Å². The molecule has 2 N–H and O–H groups in total. The third kappa shape index (κ3) is 6.04. The maximum atomic E-state index is 12.6. The van der Waals surface area contributed by atoms with E-state index in [1.165, 1.54) is 16.7 Å². The standard InChI is InChI=1S/C20H24N2O5S2/c1-4-12(2)17(19(25)26)21-16(23)9-10-22-18(24)15(29-20(22)28)11-13-5-7-14(27-3)8-6-13/h5-8,11-12,17H,4,9-10H2,1-3H3,(H,21,23)(H,25,26)/b15-11+/t12-,17-/m0/s1. The Labute approximate surface area is 179 Å². The summed E-state index contributed by atoms with van der Waals surface area (Å²) in [7, 11) is 1.58. The second kappa shape index (κ2) is 10.4. The van der Waals surface area contributed by atoms with Gasteiger partial charge in [-0.2, -0.15) is 0 Å². The summed E-state index contributed by atoms with van der Waals surface area (Å²) >= 11 is 6.45. The molecule has 1 aliphatic heterocycles. The van der Waals surface area contributed by atoms with Crippen molar-refractivity contribution in [3.63, 3.8) is 0 Å². The molecule has 2 atom stereocenters. The molecular formula is C20H24N2O5S2. The van der Waals surface area contributed by atoms with Crippen molar-refractivity contribution in [1.29, 1.82) is 0 Å². The summed E-state index contributed by atoms with van der Waals surface area (Å²) in [6.07, 6.45) is 2.34. The van der Waals surface area contributed by atoms with Crippen molar-refractivity contribution in [1.82, 2.24) is 10.2 Å². The molecule has 1 fully saturated rings. The molecule has 2 amide bonds. The van der Waals surface area contributed by atoms with E-state index in [0.717, 1.165) is 11.3 Å². The van der Waals surface area contributed by atoms with Gasteiger partial charge < -0.3 is 15.2 Å². The van der Waals surface area contributed by atoms with Crippen LogP contribution in [0, 0.1) is 5.92 Å². The minimum Gasteiger partial charge on any atom is -0.497 e. The van der Waals surface area contributed by atoms with Gasteiger partial charge in [-0.15, -0.1) is 0 Å². The van der Waals surface area contributed by atoms with Crippen molar-refractivity contribution in [2.24, 2.45) is 5.92 Å². The van der Waals surface area contributed by atoms with E-state index < -0.39 is 17.9 Å². The van der Waals surface area contributed by atoms with Crippen molar-refractivity contribution in [3.8, 4) is 5.75 Å². The average molecular weight is 437 g/mol. The fourth-order valence-electron chi connectivity index (χ4n) is 2.69. The normalized spacial score (nSPS) is 17.3. The first-order chi connectivity index (χ1) is 13.8. The van der Waals surface area contributed by atoms with Crippen LogP contribution in [0.25, 0.3) is 6.08 Å². The molecule has 0 unspecified atom stereocenters. The summed E-state index contributed by atoms with van der Waals surface area (Å²) in [5.74, 6) is -1.23. The molecule has 1 aromatic carbocycles. The van der Waals surface area contributed by atoms with Crippen molar-refractivity contribution in [2.45, 2.75) is 32.7 Å². The number of carboxylic acid groups (broad SMARTS) is 1. The largest absolute Gasteiger partial charge is 0.497 e. The average Bonchev–Trinajstić information content (AvgIpc) is 2.97. The summed E-state index contributed by atoms with van der Waals surface area (Å²) in [4.78, 5) is 38.0. The van der Waals surface area contributed by atoms with Gasteiger partial charge in [0.15, 0.2) is 0 Å². The van der Waals surface area contributed by atoms with Crippen LogP contribution in [0.2, 0.25) is 0 Å². The minimum atomic E-state index is -1.07. The van der Waals surface area contributed by atoms with Crippen LogP contribution in [0.5, 0.6) is 5.75 Å². The van der Waals surface area contributed by atoms with Crippen LogP contribution in [0.15, 0.2) is 29.2 Å². The van der Waals surface area contributed by atoms with Crippen molar-refractivity contribution in [3.05, 3.63) is 34.7 Å². The third-order valence-electron chi connectivity index (χ3n) is 4.65. The van der Waals surface area contributed by atoms with Gasteiger partial charge in [-0.1, -0.05) is 56.4 Å². The van der Waals surface area contributed by atoms with E-state index in [4.69, 9.17) is 17.0 Å². The summed E-state index contributed by atoms with van der Waals surface area (Å²) in [6.45, 7) is 3.73. The number of rotatable bonds is 9. The number of carbonyl (C=O) groups is 3. The number of nitrogens with one attached hydrogen (secondary N) is 1. The molecule has 0 spiro atoms. The lowest BCUT2D eigenvalue weighted by molar-refractivity contribution is -0.143. The number of aliphatic carboxylic acids is 1. The first kappa shape index (κ1) is 22.9. The smallest absolute Gasteiger partial charge is 0.326 e. The van der Waals surface area contributed by atoms with Crippen LogP contribution < -0.4 is 10.1 Å². The van der Waals surface area contributed by atoms with Crippen LogP contribution in [0.1, 0.15) is 32.3 Å². The lowest BCUT2D eigenvalue weighted by Crippen LogP contribution is -2.46. The second-order valence-corrected chi connectivity index (χ2v) is 8.30. The molecule has 0 radical (unpaired) electrons. The fourth-order valence-corrected chi connectivity index (χ4v) is 3.99. The predicted molar refractivity (Wildman–Crippen MR) is 117 cm³/mol. The number of hydrogen-bond donors (Lipinski definition) is 2. The minimum absolute atomic E-state index is 0.0253. The van der Waals surface area contributed by atoms with Gasteiger partial charge in [0.1, 0.15) is 16.1 Å². The Morgan fingerprint density at radius 3 is 2.55 bits per heavy atom. The monoisotopic (exact) mass is 436 g/mol. The molecule has 156 valence electrons. The first-order valence-corrected chi connectivity index (χ1v) is 10.4. The molecule has 0 bridgehead atoms. The van der Waals surface area contributed by atoms with E-state index in [2.05, 4.69) is 5.32 Å². The number of carboxylic acids is 1. The molecule has 1 aromatic rings. The number of amides is 2. The molecule has 7 nitrogen and oxygen atoms in total. The van der Waals surface area contributed by atoms with E-state index in [0.29, 0.717) is 15.6 Å². The van der Waals surface area contributed by atoms with Gasteiger partial charge >= 0.3 is 5.97 Å². The lowest BCUT2D eigenvalue weighted by Gasteiger charge is -2.21. The maximum Gasteiger partial charge on any atom is 0.326 e. The van der Waals surface area contributed by atoms with E-state index >= 15 is 0 Å². The van der Waals surface area contributed by atoms with Gasteiger partial charge in [0.2, 0.25) is 5.91 Å². The number of thiocarbonyl (C=S) groups is 1. The third-order valence-corrected chi connectivity index (χ3v) is 6.02. The highest BCUT2D eigenvalue weighted by molar-refractivity contribution is 8.26. The van der Waals surface area contributed by atoms with Gasteiger partial charge in [0.25, 0.3) is 5.91 Å². The number of nitrogens with zero attached hydrogens (tertiary/aromatic N) is 1. The Balaban J connectivity index is 1.98. The van der Waals surface area contributed by atoms with Crippen LogP contribution in [-0.4, -0.2) is 51.8 Å². The summed E-state index contributed by atoms with van der Waals surface area (Å²) in [5, 5.41) is 11.8. The van der Waals surface area contributed by atoms with E-state index in [-0.39, 0.29) is 24.8 Å². The van der Waals surface area contributed by atoms with Gasteiger partial charge in [-0.3, -0.25) is 14.5 Å². The molecule has 0 aromatic heterocycles. The zero-order valence-corrected chi connectivity index (χ0v) is 18.1. The van der Waals surface area contributed by atoms with Gasteiger partial charge in [-0.05, 0) is 29.7 Å². The van der Waals surface area contributed by atoms with Crippen molar-refractivity contribution < 1.29 is 24.2 Å². The van der Waals surface area contributed by atoms with Crippen molar-refractivity contribution in [2.75, 3.05) is 13.7 Å². The zero-order valence-electron chi connectivity index (χ0n) is 16.5. The molecular weight excluding hydrogens is 412 g/mol. The number of benzene rings is 1. The highest BCUT2D eigenvalue weighted by Gasteiger charge is 2.32. The SMILES string of the molecule is CC[C@H](C)[C@H](NC(=O)CCN1C(=O)/C(=C\c2ccc(OC)cc2)SC1=S)C(=O)O. The lowest BCUT2D eigenvalue weighted by atomic mass is 9.99. The van der Waals surface area contributed by atoms with E-state index in [1.54, 1.807) is 32.2 Å². The number of carbonyl (C=O) groups excluding carboxylic acids is 2. The Kier molecular flexibility index (Phi) is 8.21. The Morgan fingerprint density at radius 2 is 2.00 bits per heavy atom. The molecule has 1 heterocycles. The van der Waals surface area contributed by atoms with Gasteiger partial charge in [0.05, 0.1) is 12.0 Å². The van der Waals surface area contributed by atoms with Crippen LogP contribution >= 0.6 is 24.0 Å². The topological polar surface area (TPSA) is 95.9 Å². The maximum absolute atomic E-state index is 12.6. The zero-order chi connectivity index (χ0) is 21.6. The molecule has 1 aliphatic rings. The molecule has 1 saturated heterocycles. The Hall–Kier alpha value is -2.39. The van der Waals surface area contributed by atoms with Crippen LogP contribution in [0.4, 0.5) is 0 Å². The molecule has 2 rings (SSSR count). The second-order valence-electron chi connectivity index (χ2n) is 6.63. The molecule has 0 aliphatic carbocycles. The summed E-state index contributed by atoms with van der Waals surface area (Å²) in [6, 6.07) is 6.31. The van der Waals surface area contributed by atoms with Gasteiger partial charge in [-0.25, -0.2) is 4.79 Å². The Morgan fingerprint density at radius 1 is 1.34 bits per heavy atom. The highest BCUT2D eigenvalue weighted by atomic mass is 32.2. The van der Waals surface area contributed by atoms with Crippen LogP contribution in [0.3, 0.4) is 0 Å². The highest BCUT2D eigenvalue weighted by Crippen LogP contribution is 2.32. The number of hydrogen-bond acceptors (Lipinski definition) is 6. The number of ether oxygens (including phenoxy) is 1. The molecule has 29 heavy (non-hydrogen) atoms. The fraction of sp³-hybridized carbons (Fsp3) is 0.400. The van der Waals surface area contributed by atoms with Crippen LogP contribution in [-0.2, 0) is 14.4 Å². The van der Waals surface area contributed by atoms with Crippen molar-refractivity contribution >= 4 is 52.2 Å². The Bertz CT molecular complexity index is 823. The first-order valence-electron chi connectivity index (χ1n) is 9.18. The predicted octanol–water partition coefficient (Wildman–Crippen LogP) is 2.90. The summed E-state index contributed by atoms with van der Waals surface area (Å²) in [5.41, 5.74) is 0.835. The quantitative estimate of drug-likeness (QED) is 0.454. The number of methoxy groups -OCH3 is 1.